The Balaban J connectivity index is 4.43. The summed E-state index contributed by atoms with van der Waals surface area (Å²) in [7, 11) is -2.95. The van der Waals surface area contributed by atoms with Crippen molar-refractivity contribution in [3.8, 4) is 0 Å². The second kappa shape index (κ2) is 7.21. The van der Waals surface area contributed by atoms with Crippen molar-refractivity contribution in [3.05, 3.63) is 0 Å². The minimum atomic E-state index is -2.95. The van der Waals surface area contributed by atoms with Gasteiger partial charge in [-0.2, -0.15) is 0 Å². The average molecular weight is 252 g/mol. The van der Waals surface area contributed by atoms with Crippen LogP contribution in [0.5, 0.6) is 0 Å². The smallest absolute Gasteiger partial charge is 0.147 e. The van der Waals surface area contributed by atoms with Gasteiger partial charge in [0.15, 0.2) is 0 Å². The van der Waals surface area contributed by atoms with Crippen molar-refractivity contribution >= 4 is 9.84 Å². The van der Waals surface area contributed by atoms with Gasteiger partial charge >= 0.3 is 0 Å². The molecular formula is C10H24N2O3S. The zero-order valence-electron chi connectivity index (χ0n) is 10.6. The number of sulfone groups is 1. The molecule has 98 valence electrons. The molecule has 0 rings (SSSR count). The van der Waals surface area contributed by atoms with Gasteiger partial charge in [-0.25, -0.2) is 8.42 Å². The van der Waals surface area contributed by atoms with E-state index < -0.39 is 9.84 Å². The molecule has 0 aromatic rings. The third-order valence-electron chi connectivity index (χ3n) is 2.43. The van der Waals surface area contributed by atoms with Crippen molar-refractivity contribution in [2.45, 2.75) is 39.3 Å². The number of nitrogens with one attached hydrogen (secondary N) is 1. The number of hydrogen-bond donors (Lipinski definition) is 2. The second-order valence-corrected chi connectivity index (χ2v) is 6.62. The lowest BCUT2D eigenvalue weighted by molar-refractivity contribution is 0.00280. The summed E-state index contributed by atoms with van der Waals surface area (Å²) < 4.78 is 27.8. The molecule has 2 atom stereocenters. The van der Waals surface area contributed by atoms with Crippen LogP contribution in [0.25, 0.3) is 0 Å². The molecule has 5 nitrogen and oxygen atoms in total. The molecule has 0 saturated carbocycles. The van der Waals surface area contributed by atoms with Crippen LogP contribution in [-0.2, 0) is 14.6 Å². The van der Waals surface area contributed by atoms with Gasteiger partial charge in [0.1, 0.15) is 9.84 Å². The Labute approximate surface area is 98.6 Å². The number of nitrogens with two attached hydrogens (primary N) is 1. The average Bonchev–Trinajstić information content (AvgIpc) is 2.15. The van der Waals surface area contributed by atoms with Crippen LogP contribution in [0.2, 0.25) is 0 Å². The van der Waals surface area contributed by atoms with E-state index in [1.54, 1.807) is 0 Å². The van der Waals surface area contributed by atoms with Gasteiger partial charge in [0.2, 0.25) is 0 Å². The fourth-order valence-corrected chi connectivity index (χ4v) is 2.33. The lowest BCUT2D eigenvalue weighted by Gasteiger charge is -2.29. The van der Waals surface area contributed by atoms with E-state index in [1.807, 2.05) is 20.8 Å². The van der Waals surface area contributed by atoms with Crippen LogP contribution in [0.15, 0.2) is 0 Å². The Hall–Kier alpha value is -0.170. The van der Waals surface area contributed by atoms with E-state index in [9.17, 15) is 8.42 Å². The highest BCUT2D eigenvalue weighted by molar-refractivity contribution is 7.90. The monoisotopic (exact) mass is 252 g/mol. The first kappa shape index (κ1) is 15.8. The summed E-state index contributed by atoms with van der Waals surface area (Å²) in [6, 6.07) is -0.130. The lowest BCUT2D eigenvalue weighted by atomic mass is 9.98. The normalized spacial score (nSPS) is 16.4. The minimum Gasteiger partial charge on any atom is -0.377 e. The molecule has 0 heterocycles. The fraction of sp³-hybridized carbons (Fsp3) is 1.00. The van der Waals surface area contributed by atoms with Crippen LogP contribution in [0.3, 0.4) is 0 Å². The lowest BCUT2D eigenvalue weighted by Crippen LogP contribution is -2.48. The van der Waals surface area contributed by atoms with Gasteiger partial charge in [-0.3, -0.25) is 11.3 Å². The van der Waals surface area contributed by atoms with Crippen LogP contribution in [0, 0.1) is 5.92 Å². The van der Waals surface area contributed by atoms with Gasteiger partial charge in [0.05, 0.1) is 11.9 Å². The van der Waals surface area contributed by atoms with Gasteiger partial charge in [0.25, 0.3) is 0 Å². The van der Waals surface area contributed by atoms with Crippen molar-refractivity contribution < 1.29 is 13.2 Å². The molecule has 0 amide bonds. The zero-order chi connectivity index (χ0) is 12.8. The number of hydrazine groups is 1. The van der Waals surface area contributed by atoms with Gasteiger partial charge in [-0.15, -0.1) is 0 Å². The fourth-order valence-electron chi connectivity index (χ4n) is 1.65. The largest absolute Gasteiger partial charge is 0.377 e. The Morgan fingerprint density at radius 2 is 1.94 bits per heavy atom. The van der Waals surface area contributed by atoms with E-state index in [2.05, 4.69) is 5.43 Å². The third kappa shape index (κ3) is 6.42. The Morgan fingerprint density at radius 3 is 2.25 bits per heavy atom. The molecule has 0 aliphatic rings. The van der Waals surface area contributed by atoms with Gasteiger partial charge < -0.3 is 4.74 Å². The van der Waals surface area contributed by atoms with Crippen LogP contribution >= 0.6 is 0 Å². The van der Waals surface area contributed by atoms with E-state index >= 15 is 0 Å². The number of rotatable bonds is 8. The van der Waals surface area contributed by atoms with Crippen molar-refractivity contribution in [2.75, 3.05) is 18.6 Å². The van der Waals surface area contributed by atoms with Crippen molar-refractivity contribution in [1.82, 2.24) is 5.43 Å². The third-order valence-corrected chi connectivity index (χ3v) is 3.40. The highest BCUT2D eigenvalue weighted by Crippen LogP contribution is 2.14. The van der Waals surface area contributed by atoms with E-state index in [1.165, 1.54) is 6.26 Å². The van der Waals surface area contributed by atoms with E-state index in [-0.39, 0.29) is 17.9 Å². The summed E-state index contributed by atoms with van der Waals surface area (Å²) in [5, 5.41) is 0. The molecule has 0 aromatic carbocycles. The van der Waals surface area contributed by atoms with Crippen molar-refractivity contribution in [3.63, 3.8) is 0 Å². The molecule has 0 spiro atoms. The maximum absolute atomic E-state index is 11.1. The Bertz CT molecular complexity index is 278. The van der Waals surface area contributed by atoms with E-state index in [0.717, 1.165) is 0 Å². The van der Waals surface area contributed by atoms with Crippen LogP contribution in [0.1, 0.15) is 27.2 Å². The molecule has 16 heavy (non-hydrogen) atoms. The molecule has 0 bridgehead atoms. The second-order valence-electron chi connectivity index (χ2n) is 4.36. The first-order valence-electron chi connectivity index (χ1n) is 5.57. The number of ether oxygens (including phenoxy) is 1. The first-order chi connectivity index (χ1) is 7.31. The molecule has 0 fully saturated rings. The maximum Gasteiger partial charge on any atom is 0.147 e. The summed E-state index contributed by atoms with van der Waals surface area (Å²) in [5.74, 6) is 5.86. The zero-order valence-corrected chi connectivity index (χ0v) is 11.4. The topological polar surface area (TPSA) is 81.4 Å². The predicted octanol–water partition coefficient (Wildman–Crippen LogP) is 0.314. The van der Waals surface area contributed by atoms with Gasteiger partial charge in [-0.05, 0) is 19.3 Å². The van der Waals surface area contributed by atoms with Crippen molar-refractivity contribution in [1.29, 1.82) is 0 Å². The molecule has 0 aromatic heterocycles. The Morgan fingerprint density at radius 1 is 1.38 bits per heavy atom. The van der Waals surface area contributed by atoms with Gasteiger partial charge in [0, 0.05) is 18.9 Å². The Kier molecular flexibility index (Phi) is 7.14. The molecule has 2 unspecified atom stereocenters. The molecule has 0 radical (unpaired) electrons. The molecule has 0 aliphatic heterocycles. The van der Waals surface area contributed by atoms with Gasteiger partial charge in [-0.1, -0.05) is 13.8 Å². The molecule has 6 heteroatoms. The highest BCUT2D eigenvalue weighted by Gasteiger charge is 2.24. The minimum absolute atomic E-state index is 0.0586. The first-order valence-corrected chi connectivity index (χ1v) is 7.63. The van der Waals surface area contributed by atoms with Crippen LogP contribution < -0.4 is 11.3 Å². The molecule has 3 N–H and O–H groups in total. The summed E-state index contributed by atoms with van der Waals surface area (Å²) in [6.45, 7) is 6.58. The molecule has 0 saturated heterocycles. The summed E-state index contributed by atoms with van der Waals surface area (Å²) in [5.41, 5.74) is 2.65. The van der Waals surface area contributed by atoms with Crippen molar-refractivity contribution in [2.24, 2.45) is 11.8 Å². The molecular weight excluding hydrogens is 228 g/mol. The summed E-state index contributed by atoms with van der Waals surface area (Å²) >= 11 is 0. The number of hydrogen-bond acceptors (Lipinski definition) is 5. The standard InChI is InChI=1S/C10H24N2O3S/c1-5-15-10(8(2)3)9(12-11)6-7-16(4,13)14/h8-10,12H,5-7,11H2,1-4H3. The predicted molar refractivity (Wildman–Crippen MR) is 65.7 cm³/mol. The van der Waals surface area contributed by atoms with Crippen LogP contribution in [0.4, 0.5) is 0 Å². The quantitative estimate of drug-likeness (QED) is 0.480. The maximum atomic E-state index is 11.1. The van der Waals surface area contributed by atoms with Crippen LogP contribution in [-0.4, -0.2) is 39.2 Å². The highest BCUT2D eigenvalue weighted by atomic mass is 32.2. The SMILES string of the molecule is CCOC(C(C)C)C(CCS(C)(=O)=O)NN. The van der Waals surface area contributed by atoms with E-state index in [0.29, 0.717) is 18.9 Å². The summed E-state index contributed by atoms with van der Waals surface area (Å²) in [6.07, 6.45) is 1.64. The molecule has 0 aliphatic carbocycles. The summed E-state index contributed by atoms with van der Waals surface area (Å²) in [4.78, 5) is 0. The van der Waals surface area contributed by atoms with E-state index in [4.69, 9.17) is 10.6 Å².